The van der Waals surface area contributed by atoms with Gasteiger partial charge >= 0.3 is 0 Å². The Kier molecular flexibility index (Phi) is 6.80. The van der Waals surface area contributed by atoms with E-state index in [2.05, 4.69) is 4.98 Å². The van der Waals surface area contributed by atoms with Gasteiger partial charge in [-0.2, -0.15) is 0 Å². The van der Waals surface area contributed by atoms with Crippen LogP contribution in [-0.2, 0) is 5.60 Å². The zero-order chi connectivity index (χ0) is 23.4. The third-order valence-corrected chi connectivity index (χ3v) is 5.60. The van der Waals surface area contributed by atoms with Gasteiger partial charge in [-0.15, -0.1) is 0 Å². The van der Waals surface area contributed by atoms with Crippen LogP contribution in [0.1, 0.15) is 42.3 Å². The van der Waals surface area contributed by atoms with E-state index in [-0.39, 0.29) is 6.61 Å². The minimum atomic E-state index is -1.03. The average molecular weight is 460 g/mol. The Bertz CT molecular complexity index is 1290. The van der Waals surface area contributed by atoms with Gasteiger partial charge in [-0.1, -0.05) is 66.2 Å². The number of rotatable bonds is 7. The third-order valence-electron chi connectivity index (χ3n) is 5.36. The fraction of sp³-hybridized carbons (Fsp3) is 0.179. The van der Waals surface area contributed by atoms with Crippen LogP contribution in [0.25, 0.3) is 23.1 Å². The first-order valence-electron chi connectivity index (χ1n) is 10.8. The van der Waals surface area contributed by atoms with Gasteiger partial charge in [-0.25, -0.2) is 4.98 Å². The Hall–Kier alpha value is -3.18. The molecule has 0 bridgehead atoms. The summed E-state index contributed by atoms with van der Waals surface area (Å²) in [7, 11) is 0. The molecule has 0 saturated carbocycles. The summed E-state index contributed by atoms with van der Waals surface area (Å²) in [6.07, 6.45) is 3.08. The lowest BCUT2D eigenvalue weighted by molar-refractivity contribution is 0.0684. The fourth-order valence-electron chi connectivity index (χ4n) is 3.61. The number of halogens is 1. The molecule has 0 aliphatic rings. The largest absolute Gasteiger partial charge is 0.490 e. The van der Waals surface area contributed by atoms with Crippen molar-refractivity contribution in [2.75, 3.05) is 6.61 Å². The summed E-state index contributed by atoms with van der Waals surface area (Å²) < 4.78 is 5.85. The summed E-state index contributed by atoms with van der Waals surface area (Å²) in [5.74, 6) is 0.558. The van der Waals surface area contributed by atoms with Crippen molar-refractivity contribution in [2.24, 2.45) is 0 Å². The maximum Gasteiger partial charge on any atom is 0.125 e. The SMILES string of the molecule is CC(C)(O)c1ccccc1OCC(O)c1cccc(C=Cc2ccc3ccc(Cl)cc3n2)c1. The number of aliphatic hydroxyl groups is 2. The topological polar surface area (TPSA) is 62.6 Å². The molecule has 168 valence electrons. The summed E-state index contributed by atoms with van der Waals surface area (Å²) in [6.45, 7) is 3.49. The maximum absolute atomic E-state index is 10.7. The predicted molar refractivity (Wildman–Crippen MR) is 134 cm³/mol. The molecule has 0 aliphatic heterocycles. The number of pyridine rings is 1. The lowest BCUT2D eigenvalue weighted by Crippen LogP contribution is -2.18. The summed E-state index contributed by atoms with van der Waals surface area (Å²) in [6, 6.07) is 24.6. The summed E-state index contributed by atoms with van der Waals surface area (Å²) in [4.78, 5) is 4.64. The van der Waals surface area contributed by atoms with Gasteiger partial charge in [-0.3, -0.25) is 0 Å². The van der Waals surface area contributed by atoms with Crippen LogP contribution >= 0.6 is 11.6 Å². The van der Waals surface area contributed by atoms with Crippen molar-refractivity contribution in [2.45, 2.75) is 25.6 Å². The zero-order valence-electron chi connectivity index (χ0n) is 18.6. The van der Waals surface area contributed by atoms with Crippen molar-refractivity contribution in [1.82, 2.24) is 4.98 Å². The van der Waals surface area contributed by atoms with E-state index in [1.54, 1.807) is 19.9 Å². The van der Waals surface area contributed by atoms with Gasteiger partial charge in [0, 0.05) is 16.0 Å². The Morgan fingerprint density at radius 3 is 2.58 bits per heavy atom. The lowest BCUT2D eigenvalue weighted by atomic mass is 9.97. The van der Waals surface area contributed by atoms with Gasteiger partial charge < -0.3 is 14.9 Å². The second-order valence-corrected chi connectivity index (χ2v) is 8.90. The highest BCUT2D eigenvalue weighted by Crippen LogP contribution is 2.30. The molecule has 0 fully saturated rings. The van der Waals surface area contributed by atoms with Gasteiger partial charge in [0.2, 0.25) is 0 Å². The van der Waals surface area contributed by atoms with Gasteiger partial charge in [0.1, 0.15) is 18.5 Å². The highest BCUT2D eigenvalue weighted by Gasteiger charge is 2.21. The molecule has 4 rings (SSSR count). The quantitative estimate of drug-likeness (QED) is 0.335. The molecule has 33 heavy (non-hydrogen) atoms. The van der Waals surface area contributed by atoms with Crippen molar-refractivity contribution >= 4 is 34.7 Å². The number of ether oxygens (including phenoxy) is 1. The van der Waals surface area contributed by atoms with Crippen LogP contribution in [0.15, 0.2) is 78.9 Å². The van der Waals surface area contributed by atoms with E-state index in [1.807, 2.05) is 84.9 Å². The number of para-hydroxylation sites is 1. The number of benzene rings is 3. The monoisotopic (exact) mass is 459 g/mol. The standard InChI is InChI=1S/C28H26ClNO3/c1-28(2,32)24-8-3-4-9-27(24)33-18-26(31)21-7-5-6-19(16-21)10-14-23-15-12-20-11-13-22(29)17-25(20)30-23/h3-17,26,31-32H,18H2,1-2H3. The third kappa shape index (κ3) is 5.79. The number of aliphatic hydroxyl groups excluding tert-OH is 1. The van der Waals surface area contributed by atoms with E-state index in [0.29, 0.717) is 16.3 Å². The summed E-state index contributed by atoms with van der Waals surface area (Å²) >= 11 is 6.08. The minimum Gasteiger partial charge on any atom is -0.490 e. The van der Waals surface area contributed by atoms with Crippen molar-refractivity contribution in [3.8, 4) is 5.75 Å². The van der Waals surface area contributed by atoms with E-state index >= 15 is 0 Å². The Morgan fingerprint density at radius 1 is 0.970 bits per heavy atom. The van der Waals surface area contributed by atoms with Gasteiger partial charge in [0.25, 0.3) is 0 Å². The van der Waals surface area contributed by atoms with Crippen LogP contribution < -0.4 is 4.74 Å². The molecule has 4 aromatic rings. The molecular weight excluding hydrogens is 434 g/mol. The smallest absolute Gasteiger partial charge is 0.125 e. The number of hydrogen-bond donors (Lipinski definition) is 2. The van der Waals surface area contributed by atoms with Gasteiger partial charge in [0.05, 0.1) is 16.8 Å². The lowest BCUT2D eigenvalue weighted by Gasteiger charge is -2.22. The highest BCUT2D eigenvalue weighted by molar-refractivity contribution is 6.31. The first-order chi connectivity index (χ1) is 15.8. The highest BCUT2D eigenvalue weighted by atomic mass is 35.5. The van der Waals surface area contributed by atoms with Crippen LogP contribution in [-0.4, -0.2) is 21.8 Å². The number of fused-ring (bicyclic) bond motifs is 1. The molecule has 0 aliphatic carbocycles. The van der Waals surface area contributed by atoms with Crippen LogP contribution in [0, 0.1) is 0 Å². The maximum atomic E-state index is 10.7. The molecule has 4 nitrogen and oxygen atoms in total. The van der Waals surface area contributed by atoms with E-state index in [1.165, 1.54) is 0 Å². The molecule has 0 radical (unpaired) electrons. The van der Waals surface area contributed by atoms with Crippen LogP contribution in [0.4, 0.5) is 0 Å². The summed E-state index contributed by atoms with van der Waals surface area (Å²) in [5.41, 5.74) is 3.00. The van der Waals surface area contributed by atoms with Gasteiger partial charge in [0.15, 0.2) is 0 Å². The molecule has 1 atom stereocenters. The normalized spacial score (nSPS) is 12.9. The zero-order valence-corrected chi connectivity index (χ0v) is 19.3. The number of nitrogens with zero attached hydrogens (tertiary/aromatic N) is 1. The van der Waals surface area contributed by atoms with E-state index < -0.39 is 11.7 Å². The molecule has 0 spiro atoms. The van der Waals surface area contributed by atoms with Crippen LogP contribution in [0.3, 0.4) is 0 Å². The average Bonchev–Trinajstić information content (AvgIpc) is 2.80. The molecule has 2 N–H and O–H groups in total. The van der Waals surface area contributed by atoms with Crippen LogP contribution in [0.2, 0.25) is 5.02 Å². The van der Waals surface area contributed by atoms with Crippen molar-refractivity contribution in [3.63, 3.8) is 0 Å². The molecule has 1 unspecified atom stereocenters. The molecule has 1 heterocycles. The molecule has 1 aromatic heterocycles. The number of hydrogen-bond acceptors (Lipinski definition) is 4. The van der Waals surface area contributed by atoms with Crippen molar-refractivity contribution < 1.29 is 14.9 Å². The van der Waals surface area contributed by atoms with Crippen LogP contribution in [0.5, 0.6) is 5.75 Å². The Balaban J connectivity index is 1.47. The molecule has 0 amide bonds. The molecular formula is C28H26ClNO3. The molecule has 5 heteroatoms. The van der Waals surface area contributed by atoms with E-state index in [9.17, 15) is 10.2 Å². The van der Waals surface area contributed by atoms with E-state index in [4.69, 9.17) is 16.3 Å². The first kappa shape index (κ1) is 23.0. The van der Waals surface area contributed by atoms with Gasteiger partial charge in [-0.05, 0) is 61.4 Å². The summed E-state index contributed by atoms with van der Waals surface area (Å²) in [5, 5.41) is 22.7. The second-order valence-electron chi connectivity index (χ2n) is 8.46. The number of aromatic nitrogens is 1. The Morgan fingerprint density at radius 2 is 1.76 bits per heavy atom. The van der Waals surface area contributed by atoms with Crippen molar-refractivity contribution in [3.05, 3.63) is 106 Å². The first-order valence-corrected chi connectivity index (χ1v) is 11.1. The van der Waals surface area contributed by atoms with E-state index in [0.717, 1.165) is 27.7 Å². The predicted octanol–water partition coefficient (Wildman–Crippen LogP) is 6.40. The fourth-order valence-corrected chi connectivity index (χ4v) is 3.78. The van der Waals surface area contributed by atoms with Crippen molar-refractivity contribution in [1.29, 1.82) is 0 Å². The molecule has 3 aromatic carbocycles. The second kappa shape index (κ2) is 9.75. The Labute approximate surface area is 198 Å². The minimum absolute atomic E-state index is 0.0766. The molecule has 0 saturated heterocycles.